The van der Waals surface area contributed by atoms with Gasteiger partial charge in [-0.15, -0.1) is 0 Å². The molecule has 62 valence electrons. The molecule has 0 rings (SSSR count). The predicted molar refractivity (Wildman–Crippen MR) is 37.5 cm³/mol. The van der Waals surface area contributed by atoms with Crippen LogP contribution < -0.4 is 5.11 Å². The highest BCUT2D eigenvalue weighted by Gasteiger charge is 1.65. The smallest absolute Gasteiger partial charge is 0.0437 e. The molecule has 0 fully saturated rings. The molecule has 0 bridgehead atoms. The molecule has 0 aliphatic rings. The van der Waals surface area contributed by atoms with Gasteiger partial charge in [0.05, 0.1) is 0 Å². The average molecular weight is 147 g/mol. The zero-order valence-electron chi connectivity index (χ0n) is 6.85. The fourth-order valence-electron chi connectivity index (χ4n) is 0.204. The van der Waals surface area contributed by atoms with Crippen LogP contribution in [-0.4, -0.2) is 19.2 Å². The second-order valence-electron chi connectivity index (χ2n) is 1.51. The number of carbonyl (C=O) groups is 1. The number of ether oxygens (including phenoxy) is 1. The fourth-order valence-corrected chi connectivity index (χ4v) is 0.204. The third-order valence-corrected chi connectivity index (χ3v) is 0.697. The van der Waals surface area contributed by atoms with Crippen molar-refractivity contribution in [1.29, 1.82) is 0 Å². The van der Waals surface area contributed by atoms with E-state index in [1.54, 1.807) is 0 Å². The molecule has 3 heteroatoms. The first kappa shape index (κ1) is 12.1. The molecule has 10 heavy (non-hydrogen) atoms. The van der Waals surface area contributed by atoms with E-state index in [1.807, 2.05) is 13.8 Å². The first-order valence-electron chi connectivity index (χ1n) is 3.46. The van der Waals surface area contributed by atoms with E-state index < -0.39 is 5.97 Å². The van der Waals surface area contributed by atoms with E-state index in [-0.39, 0.29) is 6.42 Å². The Labute approximate surface area is 62.0 Å². The molecule has 0 spiro atoms. The minimum absolute atomic E-state index is 0.111. The van der Waals surface area contributed by atoms with Crippen molar-refractivity contribution in [1.82, 2.24) is 0 Å². The fraction of sp³-hybridized carbons (Fsp3) is 0.857. The van der Waals surface area contributed by atoms with Gasteiger partial charge in [0.2, 0.25) is 0 Å². The van der Waals surface area contributed by atoms with Gasteiger partial charge in [0, 0.05) is 19.2 Å². The second-order valence-corrected chi connectivity index (χ2v) is 1.51. The lowest BCUT2D eigenvalue weighted by Gasteiger charge is -1.87. The lowest BCUT2D eigenvalue weighted by Crippen LogP contribution is -2.19. The van der Waals surface area contributed by atoms with Crippen LogP contribution in [0.4, 0.5) is 0 Å². The Kier molecular flexibility index (Phi) is 13.7. The van der Waals surface area contributed by atoms with Crippen LogP contribution in [0.25, 0.3) is 0 Å². The SMILES string of the molecule is CCC(=O)[O-].CCOCC. The lowest BCUT2D eigenvalue weighted by atomic mass is 10.5. The number of hydrogen-bond acceptors (Lipinski definition) is 3. The quantitative estimate of drug-likeness (QED) is 0.572. The minimum atomic E-state index is -0.995. The zero-order chi connectivity index (χ0) is 8.41. The van der Waals surface area contributed by atoms with Gasteiger partial charge in [-0.3, -0.25) is 0 Å². The molecule has 0 saturated heterocycles. The van der Waals surface area contributed by atoms with E-state index in [4.69, 9.17) is 4.74 Å². The number of hydrogen-bond donors (Lipinski definition) is 0. The zero-order valence-corrected chi connectivity index (χ0v) is 6.85. The molecule has 0 N–H and O–H groups in total. The normalized spacial score (nSPS) is 7.90. The Bertz CT molecular complexity index is 69.3. The van der Waals surface area contributed by atoms with Crippen LogP contribution >= 0.6 is 0 Å². The number of rotatable bonds is 3. The van der Waals surface area contributed by atoms with E-state index in [0.717, 1.165) is 13.2 Å². The van der Waals surface area contributed by atoms with Crippen LogP contribution in [0.3, 0.4) is 0 Å². The van der Waals surface area contributed by atoms with Crippen LogP contribution in [0.15, 0.2) is 0 Å². The highest BCUT2D eigenvalue weighted by molar-refractivity contribution is 5.63. The second kappa shape index (κ2) is 11.3. The van der Waals surface area contributed by atoms with Crippen molar-refractivity contribution in [3.05, 3.63) is 0 Å². The van der Waals surface area contributed by atoms with Gasteiger partial charge in [-0.05, 0) is 20.3 Å². The molecule has 0 atom stereocenters. The summed E-state index contributed by atoms with van der Waals surface area (Å²) in [5.74, 6) is -0.995. The van der Waals surface area contributed by atoms with Gasteiger partial charge >= 0.3 is 0 Å². The summed E-state index contributed by atoms with van der Waals surface area (Å²) >= 11 is 0. The Morgan fingerprint density at radius 2 is 1.60 bits per heavy atom. The summed E-state index contributed by atoms with van der Waals surface area (Å²) in [6.45, 7) is 7.20. The van der Waals surface area contributed by atoms with Gasteiger partial charge < -0.3 is 14.6 Å². The van der Waals surface area contributed by atoms with Gasteiger partial charge in [0.1, 0.15) is 0 Å². The lowest BCUT2D eigenvalue weighted by molar-refractivity contribution is -0.305. The van der Waals surface area contributed by atoms with Crippen LogP contribution in [0.5, 0.6) is 0 Å². The van der Waals surface area contributed by atoms with Crippen molar-refractivity contribution < 1.29 is 14.6 Å². The summed E-state index contributed by atoms with van der Waals surface area (Å²) in [5, 5.41) is 9.26. The topological polar surface area (TPSA) is 49.4 Å². The van der Waals surface area contributed by atoms with Crippen molar-refractivity contribution in [2.24, 2.45) is 0 Å². The highest BCUT2D eigenvalue weighted by Crippen LogP contribution is 1.64. The molecular weight excluding hydrogens is 132 g/mol. The molecule has 0 amide bonds. The van der Waals surface area contributed by atoms with Gasteiger partial charge in [0.25, 0.3) is 0 Å². The van der Waals surface area contributed by atoms with Crippen LogP contribution in [0.1, 0.15) is 27.2 Å². The third kappa shape index (κ3) is 26.1. The van der Waals surface area contributed by atoms with E-state index in [2.05, 4.69) is 0 Å². The summed E-state index contributed by atoms with van der Waals surface area (Å²) in [6, 6.07) is 0. The molecule has 3 nitrogen and oxygen atoms in total. The molecule has 0 radical (unpaired) electrons. The van der Waals surface area contributed by atoms with Crippen molar-refractivity contribution in [3.63, 3.8) is 0 Å². The number of carboxylic acids is 1. The summed E-state index contributed by atoms with van der Waals surface area (Å²) in [7, 11) is 0. The molecule has 0 aliphatic heterocycles. The summed E-state index contributed by atoms with van der Waals surface area (Å²) < 4.78 is 4.83. The summed E-state index contributed by atoms with van der Waals surface area (Å²) in [4.78, 5) is 9.26. The standard InChI is InChI=1S/C4H10O.C3H6O2/c1-3-5-4-2;1-2-3(4)5/h3-4H2,1-2H3;2H2,1H3,(H,4,5)/p-1. The maximum atomic E-state index is 9.26. The number of carboxylic acid groups (broad SMARTS) is 1. The Morgan fingerprint density at radius 1 is 1.30 bits per heavy atom. The van der Waals surface area contributed by atoms with Crippen LogP contribution in [-0.2, 0) is 9.53 Å². The molecule has 0 aromatic rings. The van der Waals surface area contributed by atoms with Gasteiger partial charge in [-0.25, -0.2) is 0 Å². The van der Waals surface area contributed by atoms with Gasteiger partial charge in [-0.2, -0.15) is 0 Å². The van der Waals surface area contributed by atoms with Crippen molar-refractivity contribution in [3.8, 4) is 0 Å². The van der Waals surface area contributed by atoms with Crippen molar-refractivity contribution >= 4 is 5.97 Å². The van der Waals surface area contributed by atoms with Crippen molar-refractivity contribution in [2.45, 2.75) is 27.2 Å². The predicted octanol–water partition coefficient (Wildman–Crippen LogP) is 0.189. The molecular formula is C7H15O3-. The molecule has 0 aromatic heterocycles. The van der Waals surface area contributed by atoms with Gasteiger partial charge in [-0.1, -0.05) is 6.92 Å². The minimum Gasteiger partial charge on any atom is -0.550 e. The Balaban J connectivity index is 0. The maximum absolute atomic E-state index is 9.26. The maximum Gasteiger partial charge on any atom is 0.0437 e. The van der Waals surface area contributed by atoms with Crippen LogP contribution in [0, 0.1) is 0 Å². The van der Waals surface area contributed by atoms with Crippen molar-refractivity contribution in [2.75, 3.05) is 13.2 Å². The average Bonchev–Trinajstić information content (AvgIpc) is 1.91. The van der Waals surface area contributed by atoms with E-state index in [9.17, 15) is 9.90 Å². The first-order valence-corrected chi connectivity index (χ1v) is 3.46. The monoisotopic (exact) mass is 147 g/mol. The number of aliphatic carboxylic acids is 1. The van der Waals surface area contributed by atoms with Gasteiger partial charge in [0.15, 0.2) is 0 Å². The molecule has 0 heterocycles. The first-order chi connectivity index (χ1) is 4.68. The van der Waals surface area contributed by atoms with E-state index >= 15 is 0 Å². The Hall–Kier alpha value is -0.570. The molecule has 0 aliphatic carbocycles. The molecule has 0 unspecified atom stereocenters. The summed E-state index contributed by atoms with van der Waals surface area (Å²) in [5.41, 5.74) is 0. The number of carbonyl (C=O) groups excluding carboxylic acids is 1. The van der Waals surface area contributed by atoms with Crippen LogP contribution in [0.2, 0.25) is 0 Å². The molecule has 0 saturated carbocycles. The van der Waals surface area contributed by atoms with E-state index in [1.165, 1.54) is 6.92 Å². The highest BCUT2D eigenvalue weighted by atomic mass is 16.5. The molecule has 0 aromatic carbocycles. The Morgan fingerprint density at radius 3 is 1.60 bits per heavy atom. The van der Waals surface area contributed by atoms with E-state index in [0.29, 0.717) is 0 Å². The largest absolute Gasteiger partial charge is 0.550 e. The summed E-state index contributed by atoms with van der Waals surface area (Å²) in [6.07, 6.45) is 0.111. The third-order valence-electron chi connectivity index (χ3n) is 0.697.